The van der Waals surface area contributed by atoms with E-state index < -0.39 is 0 Å². The zero-order valence-corrected chi connectivity index (χ0v) is 6.89. The minimum absolute atomic E-state index is 0.354. The Hall–Kier alpha value is -0.590. The first-order valence-electron chi connectivity index (χ1n) is 3.98. The molecule has 0 fully saturated rings. The molecule has 1 nitrogen and oxygen atoms in total. The monoisotopic (exact) mass is 140 g/mol. The molecule has 58 valence electrons. The Morgan fingerprint density at radius 1 is 1.30 bits per heavy atom. The number of hydrogen-bond acceptors (Lipinski definition) is 1. The second kappa shape index (κ2) is 6.53. The van der Waals surface area contributed by atoms with E-state index in [-0.39, 0.29) is 0 Å². The Morgan fingerprint density at radius 3 is 2.50 bits per heavy atom. The molecular weight excluding hydrogens is 124 g/mol. The summed E-state index contributed by atoms with van der Waals surface area (Å²) in [6.07, 6.45) is 7.35. The van der Waals surface area contributed by atoms with Crippen LogP contribution in [0.1, 0.15) is 39.5 Å². The number of Topliss-reactive ketones (excluding diaryl/α,β-unsaturated/α-hetero) is 1. The van der Waals surface area contributed by atoms with Crippen molar-refractivity contribution in [3.63, 3.8) is 0 Å². The molecule has 0 aliphatic carbocycles. The second-order valence-corrected chi connectivity index (χ2v) is 2.37. The number of rotatable bonds is 5. The quantitative estimate of drug-likeness (QED) is 0.536. The Labute approximate surface area is 63.1 Å². The van der Waals surface area contributed by atoms with Crippen LogP contribution in [0.3, 0.4) is 0 Å². The van der Waals surface area contributed by atoms with Gasteiger partial charge in [0.2, 0.25) is 0 Å². The van der Waals surface area contributed by atoms with Gasteiger partial charge in [0.25, 0.3) is 0 Å². The van der Waals surface area contributed by atoms with Crippen LogP contribution in [-0.2, 0) is 4.79 Å². The summed E-state index contributed by atoms with van der Waals surface area (Å²) in [7, 11) is 0. The predicted molar refractivity (Wildman–Crippen MR) is 44.0 cm³/mol. The van der Waals surface area contributed by atoms with Gasteiger partial charge in [-0.1, -0.05) is 26.0 Å². The molecule has 0 atom stereocenters. The topological polar surface area (TPSA) is 17.1 Å². The standard InChI is InChI=1S/C9H16O/c1-3-5-6-8-9(10)7-4-2/h5-6H,3-4,7-8H2,1-2H3/b6-5-. The third kappa shape index (κ3) is 5.54. The normalized spacial score (nSPS) is 10.6. The Morgan fingerprint density at radius 2 is 2.00 bits per heavy atom. The molecule has 0 aliphatic heterocycles. The van der Waals surface area contributed by atoms with E-state index in [2.05, 4.69) is 6.92 Å². The fraction of sp³-hybridized carbons (Fsp3) is 0.667. The lowest BCUT2D eigenvalue weighted by Gasteiger charge is -1.90. The number of carbonyl (C=O) groups is 1. The molecule has 0 bridgehead atoms. The Kier molecular flexibility index (Phi) is 6.14. The van der Waals surface area contributed by atoms with Gasteiger partial charge in [0.05, 0.1) is 0 Å². The van der Waals surface area contributed by atoms with Crippen LogP contribution in [0, 0.1) is 0 Å². The van der Waals surface area contributed by atoms with Gasteiger partial charge < -0.3 is 0 Å². The van der Waals surface area contributed by atoms with Crippen LogP contribution in [0.4, 0.5) is 0 Å². The minimum atomic E-state index is 0.354. The maximum atomic E-state index is 10.9. The predicted octanol–water partition coefficient (Wildman–Crippen LogP) is 2.71. The zero-order chi connectivity index (χ0) is 7.82. The zero-order valence-electron chi connectivity index (χ0n) is 6.89. The molecule has 0 rings (SSSR count). The highest BCUT2D eigenvalue weighted by Crippen LogP contribution is 1.95. The molecule has 0 saturated heterocycles. The Balaban J connectivity index is 3.30. The van der Waals surface area contributed by atoms with Crippen molar-refractivity contribution in [2.24, 2.45) is 0 Å². The van der Waals surface area contributed by atoms with Crippen LogP contribution < -0.4 is 0 Å². The largest absolute Gasteiger partial charge is 0.299 e. The molecule has 0 aromatic heterocycles. The van der Waals surface area contributed by atoms with Gasteiger partial charge in [-0.05, 0) is 12.8 Å². The highest BCUT2D eigenvalue weighted by molar-refractivity contribution is 5.79. The van der Waals surface area contributed by atoms with Gasteiger partial charge >= 0.3 is 0 Å². The van der Waals surface area contributed by atoms with Gasteiger partial charge in [-0.2, -0.15) is 0 Å². The Bertz CT molecular complexity index is 114. The van der Waals surface area contributed by atoms with E-state index in [9.17, 15) is 4.79 Å². The molecule has 0 spiro atoms. The van der Waals surface area contributed by atoms with Crippen LogP contribution in [0.15, 0.2) is 12.2 Å². The third-order valence-electron chi connectivity index (χ3n) is 1.28. The van der Waals surface area contributed by atoms with Crippen LogP contribution >= 0.6 is 0 Å². The SMILES string of the molecule is CC/C=C\CC(=O)CCC. The van der Waals surface area contributed by atoms with Crippen molar-refractivity contribution in [2.75, 3.05) is 0 Å². The fourth-order valence-corrected chi connectivity index (χ4v) is 0.762. The average molecular weight is 140 g/mol. The minimum Gasteiger partial charge on any atom is -0.299 e. The first-order valence-corrected chi connectivity index (χ1v) is 3.98. The molecule has 0 aromatic rings. The molecular formula is C9H16O. The van der Waals surface area contributed by atoms with Crippen LogP contribution in [-0.4, -0.2) is 5.78 Å². The lowest BCUT2D eigenvalue weighted by molar-refractivity contribution is -0.118. The summed E-state index contributed by atoms with van der Waals surface area (Å²) in [5, 5.41) is 0. The molecule has 0 N–H and O–H groups in total. The first-order chi connectivity index (χ1) is 4.81. The van der Waals surface area contributed by atoms with Crippen molar-refractivity contribution in [1.82, 2.24) is 0 Å². The maximum Gasteiger partial charge on any atom is 0.136 e. The smallest absolute Gasteiger partial charge is 0.136 e. The molecule has 0 aliphatic rings. The first kappa shape index (κ1) is 9.41. The second-order valence-electron chi connectivity index (χ2n) is 2.37. The summed E-state index contributed by atoms with van der Waals surface area (Å²) in [5.74, 6) is 0.354. The number of carbonyl (C=O) groups excluding carboxylic acids is 1. The molecule has 1 heteroatoms. The van der Waals surface area contributed by atoms with Crippen LogP contribution in [0.5, 0.6) is 0 Å². The molecule has 0 heterocycles. The van der Waals surface area contributed by atoms with Gasteiger partial charge in [0, 0.05) is 12.8 Å². The molecule has 0 amide bonds. The van der Waals surface area contributed by atoms with Gasteiger partial charge in [0.15, 0.2) is 0 Å². The lowest BCUT2D eigenvalue weighted by Crippen LogP contribution is -1.92. The van der Waals surface area contributed by atoms with E-state index >= 15 is 0 Å². The summed E-state index contributed by atoms with van der Waals surface area (Å²) in [6.45, 7) is 4.10. The van der Waals surface area contributed by atoms with Crippen LogP contribution in [0.2, 0.25) is 0 Å². The van der Waals surface area contributed by atoms with E-state index in [1.165, 1.54) is 0 Å². The molecule has 10 heavy (non-hydrogen) atoms. The molecule has 0 aromatic carbocycles. The molecule has 0 radical (unpaired) electrons. The van der Waals surface area contributed by atoms with Crippen molar-refractivity contribution >= 4 is 5.78 Å². The summed E-state index contributed by atoms with van der Waals surface area (Å²) in [6, 6.07) is 0. The van der Waals surface area contributed by atoms with Crippen molar-refractivity contribution < 1.29 is 4.79 Å². The third-order valence-corrected chi connectivity index (χ3v) is 1.28. The maximum absolute atomic E-state index is 10.9. The summed E-state index contributed by atoms with van der Waals surface area (Å²) < 4.78 is 0. The van der Waals surface area contributed by atoms with Gasteiger partial charge in [0.1, 0.15) is 5.78 Å². The van der Waals surface area contributed by atoms with E-state index in [0.29, 0.717) is 12.2 Å². The fourth-order valence-electron chi connectivity index (χ4n) is 0.762. The number of allylic oxidation sites excluding steroid dienone is 2. The van der Waals surface area contributed by atoms with Crippen molar-refractivity contribution in [2.45, 2.75) is 39.5 Å². The van der Waals surface area contributed by atoms with E-state index in [0.717, 1.165) is 19.3 Å². The van der Waals surface area contributed by atoms with E-state index in [1.54, 1.807) is 0 Å². The van der Waals surface area contributed by atoms with E-state index in [4.69, 9.17) is 0 Å². The van der Waals surface area contributed by atoms with E-state index in [1.807, 2.05) is 19.1 Å². The number of ketones is 1. The summed E-state index contributed by atoms with van der Waals surface area (Å²) in [4.78, 5) is 10.9. The van der Waals surface area contributed by atoms with Crippen molar-refractivity contribution in [3.8, 4) is 0 Å². The average Bonchev–Trinajstić information content (AvgIpc) is 1.89. The summed E-state index contributed by atoms with van der Waals surface area (Å²) >= 11 is 0. The van der Waals surface area contributed by atoms with Crippen molar-refractivity contribution in [3.05, 3.63) is 12.2 Å². The summed E-state index contributed by atoms with van der Waals surface area (Å²) in [5.41, 5.74) is 0. The molecule has 0 saturated carbocycles. The van der Waals surface area contributed by atoms with Gasteiger partial charge in [-0.25, -0.2) is 0 Å². The van der Waals surface area contributed by atoms with Crippen LogP contribution in [0.25, 0.3) is 0 Å². The lowest BCUT2D eigenvalue weighted by atomic mass is 10.2. The van der Waals surface area contributed by atoms with Crippen molar-refractivity contribution in [1.29, 1.82) is 0 Å². The highest BCUT2D eigenvalue weighted by Gasteiger charge is 1.94. The molecule has 0 unspecified atom stereocenters. The number of hydrogen-bond donors (Lipinski definition) is 0. The van der Waals surface area contributed by atoms with Gasteiger partial charge in [-0.15, -0.1) is 0 Å². The van der Waals surface area contributed by atoms with Gasteiger partial charge in [-0.3, -0.25) is 4.79 Å². The highest BCUT2D eigenvalue weighted by atomic mass is 16.1.